The second kappa shape index (κ2) is 5.39. The molecule has 1 unspecified atom stereocenters. The lowest BCUT2D eigenvalue weighted by atomic mass is 10.2. The van der Waals surface area contributed by atoms with E-state index in [-0.39, 0.29) is 11.7 Å². The van der Waals surface area contributed by atoms with Crippen LogP contribution in [0.25, 0.3) is 0 Å². The average molecular weight is 224 g/mol. The zero-order chi connectivity index (χ0) is 12.1. The van der Waals surface area contributed by atoms with Gasteiger partial charge in [0.25, 0.3) is 0 Å². The molecule has 1 rings (SSSR count). The number of hydrogen-bond donors (Lipinski definition) is 1. The van der Waals surface area contributed by atoms with Crippen molar-refractivity contribution in [3.05, 3.63) is 23.8 Å². The Labute approximate surface area is 94.8 Å². The minimum absolute atomic E-state index is 0.0498. The first kappa shape index (κ1) is 12.4. The molecule has 0 saturated carbocycles. The maximum Gasteiger partial charge on any atom is 0.335 e. The summed E-state index contributed by atoms with van der Waals surface area (Å²) in [5, 5.41) is 8.91. The highest BCUT2D eigenvalue weighted by Crippen LogP contribution is 2.24. The molecule has 16 heavy (non-hydrogen) atoms. The first-order valence-electron chi connectivity index (χ1n) is 5.15. The fraction of sp³-hybridized carbons (Fsp3) is 0.417. The molecule has 1 atom stereocenters. The Kier molecular flexibility index (Phi) is 4.17. The highest BCUT2D eigenvalue weighted by Gasteiger charge is 2.09. The topological polar surface area (TPSA) is 55.8 Å². The fourth-order valence-corrected chi connectivity index (χ4v) is 1.20. The molecule has 0 aromatic heterocycles. The Balaban J connectivity index is 2.99. The van der Waals surface area contributed by atoms with Gasteiger partial charge in [-0.05, 0) is 25.5 Å². The van der Waals surface area contributed by atoms with Gasteiger partial charge in [-0.15, -0.1) is 0 Å². The van der Waals surface area contributed by atoms with Crippen molar-refractivity contribution in [3.63, 3.8) is 0 Å². The van der Waals surface area contributed by atoms with Crippen LogP contribution in [0.2, 0.25) is 0 Å². The second-order valence-electron chi connectivity index (χ2n) is 3.54. The molecule has 0 fully saturated rings. The predicted octanol–water partition coefficient (Wildman–Crippen LogP) is 2.57. The summed E-state index contributed by atoms with van der Waals surface area (Å²) >= 11 is 0. The van der Waals surface area contributed by atoms with E-state index in [1.165, 1.54) is 19.2 Å². The second-order valence-corrected chi connectivity index (χ2v) is 3.54. The van der Waals surface area contributed by atoms with Gasteiger partial charge in [-0.25, -0.2) is 4.79 Å². The number of benzene rings is 1. The molecule has 0 radical (unpaired) electrons. The first-order valence-corrected chi connectivity index (χ1v) is 5.15. The van der Waals surface area contributed by atoms with Crippen molar-refractivity contribution >= 4 is 5.97 Å². The standard InChI is InChI=1S/C12H16O4/c1-4-8(2)16-11-6-9(12(13)14)5-10(7-11)15-3/h5-8H,4H2,1-3H3,(H,13,14). The molecule has 0 saturated heterocycles. The average Bonchev–Trinajstić information content (AvgIpc) is 2.28. The molecule has 88 valence electrons. The Morgan fingerprint density at radius 2 is 2.00 bits per heavy atom. The van der Waals surface area contributed by atoms with E-state index in [9.17, 15) is 4.79 Å². The molecule has 0 aliphatic heterocycles. The minimum atomic E-state index is -0.993. The monoisotopic (exact) mass is 224 g/mol. The lowest BCUT2D eigenvalue weighted by Gasteiger charge is -2.14. The van der Waals surface area contributed by atoms with Crippen LogP contribution < -0.4 is 9.47 Å². The number of carboxylic acid groups (broad SMARTS) is 1. The number of aromatic carboxylic acids is 1. The largest absolute Gasteiger partial charge is 0.497 e. The van der Waals surface area contributed by atoms with E-state index in [1.54, 1.807) is 6.07 Å². The summed E-state index contributed by atoms with van der Waals surface area (Å²) in [6, 6.07) is 4.64. The van der Waals surface area contributed by atoms with E-state index in [1.807, 2.05) is 13.8 Å². The fourth-order valence-electron chi connectivity index (χ4n) is 1.20. The summed E-state index contributed by atoms with van der Waals surface area (Å²) in [4.78, 5) is 10.9. The first-order chi connectivity index (χ1) is 7.56. The van der Waals surface area contributed by atoms with Crippen molar-refractivity contribution in [2.75, 3.05) is 7.11 Å². The summed E-state index contributed by atoms with van der Waals surface area (Å²) in [5.41, 5.74) is 0.164. The van der Waals surface area contributed by atoms with E-state index in [0.29, 0.717) is 11.5 Å². The summed E-state index contributed by atoms with van der Waals surface area (Å²) in [6.07, 6.45) is 0.910. The van der Waals surface area contributed by atoms with Crippen LogP contribution in [-0.4, -0.2) is 24.3 Å². The van der Waals surface area contributed by atoms with Crippen molar-refractivity contribution in [3.8, 4) is 11.5 Å². The molecule has 0 aliphatic carbocycles. The van der Waals surface area contributed by atoms with Crippen LogP contribution in [-0.2, 0) is 0 Å². The number of carboxylic acids is 1. The van der Waals surface area contributed by atoms with Crippen LogP contribution >= 0.6 is 0 Å². The van der Waals surface area contributed by atoms with Gasteiger partial charge in [0.15, 0.2) is 0 Å². The zero-order valence-electron chi connectivity index (χ0n) is 9.69. The molecule has 0 amide bonds. The van der Waals surface area contributed by atoms with Crippen molar-refractivity contribution in [1.82, 2.24) is 0 Å². The van der Waals surface area contributed by atoms with E-state index in [4.69, 9.17) is 14.6 Å². The lowest BCUT2D eigenvalue weighted by Crippen LogP contribution is -2.10. The van der Waals surface area contributed by atoms with Gasteiger partial charge in [0.05, 0.1) is 18.8 Å². The molecular weight excluding hydrogens is 208 g/mol. The van der Waals surface area contributed by atoms with Gasteiger partial charge in [-0.3, -0.25) is 0 Å². The molecule has 1 N–H and O–H groups in total. The molecule has 4 heteroatoms. The molecule has 0 aliphatic rings. The summed E-state index contributed by atoms with van der Waals surface area (Å²) in [6.45, 7) is 3.93. The van der Waals surface area contributed by atoms with Gasteiger partial charge >= 0.3 is 5.97 Å². The van der Waals surface area contributed by atoms with Crippen molar-refractivity contribution in [2.24, 2.45) is 0 Å². The number of hydrogen-bond acceptors (Lipinski definition) is 3. The van der Waals surface area contributed by atoms with E-state index in [0.717, 1.165) is 6.42 Å². The van der Waals surface area contributed by atoms with Crippen LogP contribution in [0, 0.1) is 0 Å². The molecule has 0 heterocycles. The highest BCUT2D eigenvalue weighted by atomic mass is 16.5. The van der Waals surface area contributed by atoms with Crippen LogP contribution in [0.5, 0.6) is 11.5 Å². The van der Waals surface area contributed by atoms with Crippen molar-refractivity contribution in [1.29, 1.82) is 0 Å². The van der Waals surface area contributed by atoms with Gasteiger partial charge in [0.2, 0.25) is 0 Å². The van der Waals surface area contributed by atoms with Crippen molar-refractivity contribution in [2.45, 2.75) is 26.4 Å². The molecular formula is C12H16O4. The van der Waals surface area contributed by atoms with Gasteiger partial charge in [-0.2, -0.15) is 0 Å². The third kappa shape index (κ3) is 3.15. The quantitative estimate of drug-likeness (QED) is 0.835. The number of carbonyl (C=O) groups is 1. The summed E-state index contributed by atoms with van der Waals surface area (Å²) < 4.78 is 10.6. The van der Waals surface area contributed by atoms with Crippen LogP contribution in [0.1, 0.15) is 30.6 Å². The molecule has 1 aromatic rings. The Hall–Kier alpha value is -1.71. The normalized spacial score (nSPS) is 11.9. The van der Waals surface area contributed by atoms with Crippen LogP contribution in [0.15, 0.2) is 18.2 Å². The van der Waals surface area contributed by atoms with Gasteiger partial charge in [0, 0.05) is 6.07 Å². The molecule has 0 bridgehead atoms. The summed E-state index contributed by atoms with van der Waals surface area (Å²) in [5.74, 6) is 0.0113. The minimum Gasteiger partial charge on any atom is -0.497 e. The molecule has 4 nitrogen and oxygen atoms in total. The number of methoxy groups -OCH3 is 1. The van der Waals surface area contributed by atoms with Crippen molar-refractivity contribution < 1.29 is 19.4 Å². The van der Waals surface area contributed by atoms with Gasteiger partial charge < -0.3 is 14.6 Å². The third-order valence-corrected chi connectivity index (χ3v) is 2.27. The Bertz CT molecular complexity index is 373. The maximum absolute atomic E-state index is 10.9. The van der Waals surface area contributed by atoms with Gasteiger partial charge in [0.1, 0.15) is 11.5 Å². The number of rotatable bonds is 5. The summed E-state index contributed by atoms with van der Waals surface area (Å²) in [7, 11) is 1.49. The molecule has 1 aromatic carbocycles. The van der Waals surface area contributed by atoms with Crippen LogP contribution in [0.4, 0.5) is 0 Å². The zero-order valence-corrected chi connectivity index (χ0v) is 9.69. The smallest absolute Gasteiger partial charge is 0.335 e. The van der Waals surface area contributed by atoms with E-state index in [2.05, 4.69) is 0 Å². The lowest BCUT2D eigenvalue weighted by molar-refractivity contribution is 0.0695. The predicted molar refractivity (Wildman–Crippen MR) is 60.3 cm³/mol. The highest BCUT2D eigenvalue weighted by molar-refractivity contribution is 5.88. The van der Waals surface area contributed by atoms with Crippen LogP contribution in [0.3, 0.4) is 0 Å². The SMILES string of the molecule is CCC(C)Oc1cc(OC)cc(C(=O)O)c1. The van der Waals surface area contributed by atoms with Gasteiger partial charge in [-0.1, -0.05) is 6.92 Å². The van der Waals surface area contributed by atoms with E-state index >= 15 is 0 Å². The van der Waals surface area contributed by atoms with E-state index < -0.39 is 5.97 Å². The Morgan fingerprint density at radius 1 is 1.38 bits per heavy atom. The third-order valence-electron chi connectivity index (χ3n) is 2.27. The maximum atomic E-state index is 10.9. The molecule has 0 spiro atoms. The Morgan fingerprint density at radius 3 is 2.50 bits per heavy atom. The number of ether oxygens (including phenoxy) is 2.